The molecule has 0 aromatic carbocycles. The lowest BCUT2D eigenvalue weighted by atomic mass is 9.90. The number of hydrogen-bond donors (Lipinski definition) is 1. The molecule has 0 fully saturated rings. The second-order valence-electron chi connectivity index (χ2n) is 9.18. The van der Waals surface area contributed by atoms with Crippen molar-refractivity contribution in [1.29, 1.82) is 0 Å². The van der Waals surface area contributed by atoms with Crippen molar-refractivity contribution in [2.75, 3.05) is 0 Å². The van der Waals surface area contributed by atoms with Crippen molar-refractivity contribution in [3.05, 3.63) is 0 Å². The van der Waals surface area contributed by atoms with E-state index in [1.807, 2.05) is 6.92 Å². The summed E-state index contributed by atoms with van der Waals surface area (Å²) in [7, 11) is 0. The fraction of sp³-hybridized carbons (Fsp3) is 1.00. The van der Waals surface area contributed by atoms with Crippen molar-refractivity contribution in [1.82, 2.24) is 0 Å². The smallest absolute Gasteiger partial charge is 0.0514 e. The number of hydrogen-bond acceptors (Lipinski definition) is 1. The molecule has 0 aliphatic rings. The van der Waals surface area contributed by atoms with Gasteiger partial charge in [0.2, 0.25) is 0 Å². The van der Waals surface area contributed by atoms with Gasteiger partial charge in [0, 0.05) is 0 Å². The normalized spacial score (nSPS) is 13.8. The van der Waals surface area contributed by atoms with Crippen molar-refractivity contribution in [3.8, 4) is 0 Å². The summed E-state index contributed by atoms with van der Waals surface area (Å²) >= 11 is 0. The van der Waals surface area contributed by atoms with Crippen LogP contribution in [-0.2, 0) is 0 Å². The molecule has 2 atom stereocenters. The maximum absolute atomic E-state index is 9.81. The standard InChI is InChI=1S/C26H54O/c1-4-6-8-10-12-14-15-17-19-21-23-26(24-25(3)27)22-20-18-16-13-11-9-7-5-2/h25-27H,4-24H2,1-3H3. The first-order chi connectivity index (χ1) is 13.2. The van der Waals surface area contributed by atoms with Crippen LogP contribution in [0.15, 0.2) is 0 Å². The van der Waals surface area contributed by atoms with E-state index in [9.17, 15) is 5.11 Å². The molecule has 0 aromatic rings. The third kappa shape index (κ3) is 22.1. The van der Waals surface area contributed by atoms with Crippen LogP contribution in [-0.4, -0.2) is 11.2 Å². The van der Waals surface area contributed by atoms with E-state index >= 15 is 0 Å². The first-order valence-electron chi connectivity index (χ1n) is 12.9. The van der Waals surface area contributed by atoms with Crippen LogP contribution in [0.2, 0.25) is 0 Å². The SMILES string of the molecule is CCCCCCCCCCCCC(CCCCCCCCCC)CC(C)O. The molecule has 0 aliphatic carbocycles. The van der Waals surface area contributed by atoms with Gasteiger partial charge in [-0.15, -0.1) is 0 Å². The number of unbranched alkanes of at least 4 members (excludes halogenated alkanes) is 16. The van der Waals surface area contributed by atoms with Crippen LogP contribution in [0.5, 0.6) is 0 Å². The fourth-order valence-corrected chi connectivity index (χ4v) is 4.35. The van der Waals surface area contributed by atoms with Gasteiger partial charge >= 0.3 is 0 Å². The Morgan fingerprint density at radius 1 is 0.481 bits per heavy atom. The van der Waals surface area contributed by atoms with Crippen LogP contribution in [0.25, 0.3) is 0 Å². The predicted molar refractivity (Wildman–Crippen MR) is 123 cm³/mol. The first kappa shape index (κ1) is 27.0. The number of rotatable bonds is 22. The molecule has 164 valence electrons. The van der Waals surface area contributed by atoms with Crippen molar-refractivity contribution < 1.29 is 5.11 Å². The van der Waals surface area contributed by atoms with E-state index in [2.05, 4.69) is 13.8 Å². The van der Waals surface area contributed by atoms with Crippen LogP contribution in [0.1, 0.15) is 156 Å². The molecule has 0 bridgehead atoms. The van der Waals surface area contributed by atoms with E-state index in [-0.39, 0.29) is 6.10 Å². The summed E-state index contributed by atoms with van der Waals surface area (Å²) < 4.78 is 0. The minimum Gasteiger partial charge on any atom is -0.393 e. The van der Waals surface area contributed by atoms with Crippen LogP contribution < -0.4 is 0 Å². The first-order valence-corrected chi connectivity index (χ1v) is 12.9. The van der Waals surface area contributed by atoms with Gasteiger partial charge in [-0.25, -0.2) is 0 Å². The second-order valence-corrected chi connectivity index (χ2v) is 9.18. The molecule has 1 nitrogen and oxygen atoms in total. The Morgan fingerprint density at radius 2 is 0.778 bits per heavy atom. The van der Waals surface area contributed by atoms with E-state index < -0.39 is 0 Å². The van der Waals surface area contributed by atoms with Crippen LogP contribution in [0.3, 0.4) is 0 Å². The molecule has 0 radical (unpaired) electrons. The van der Waals surface area contributed by atoms with Crippen molar-refractivity contribution in [2.45, 2.75) is 162 Å². The van der Waals surface area contributed by atoms with Gasteiger partial charge in [0.25, 0.3) is 0 Å². The minimum absolute atomic E-state index is 0.118. The topological polar surface area (TPSA) is 20.2 Å². The molecule has 0 saturated heterocycles. The van der Waals surface area contributed by atoms with E-state index in [1.54, 1.807) is 0 Å². The zero-order valence-electron chi connectivity index (χ0n) is 19.5. The maximum Gasteiger partial charge on any atom is 0.0514 e. The lowest BCUT2D eigenvalue weighted by Crippen LogP contribution is -2.10. The highest BCUT2D eigenvalue weighted by Crippen LogP contribution is 2.23. The van der Waals surface area contributed by atoms with Crippen molar-refractivity contribution >= 4 is 0 Å². The summed E-state index contributed by atoms with van der Waals surface area (Å²) in [5, 5.41) is 9.81. The second kappa shape index (κ2) is 22.3. The Hall–Kier alpha value is -0.0400. The summed E-state index contributed by atoms with van der Waals surface area (Å²) in [4.78, 5) is 0. The zero-order valence-corrected chi connectivity index (χ0v) is 19.5. The van der Waals surface area contributed by atoms with Gasteiger partial charge in [-0.2, -0.15) is 0 Å². The van der Waals surface area contributed by atoms with Gasteiger partial charge in [-0.3, -0.25) is 0 Å². The summed E-state index contributed by atoms with van der Waals surface area (Å²) in [6, 6.07) is 0. The van der Waals surface area contributed by atoms with Gasteiger partial charge in [-0.1, -0.05) is 142 Å². The van der Waals surface area contributed by atoms with Crippen LogP contribution >= 0.6 is 0 Å². The molecule has 2 unspecified atom stereocenters. The highest BCUT2D eigenvalue weighted by atomic mass is 16.3. The van der Waals surface area contributed by atoms with Gasteiger partial charge in [0.15, 0.2) is 0 Å². The van der Waals surface area contributed by atoms with E-state index in [0.717, 1.165) is 12.3 Å². The molecule has 1 N–H and O–H groups in total. The highest BCUT2D eigenvalue weighted by molar-refractivity contribution is 4.64. The lowest BCUT2D eigenvalue weighted by Gasteiger charge is -2.18. The monoisotopic (exact) mass is 382 g/mol. The quantitative estimate of drug-likeness (QED) is 0.185. The van der Waals surface area contributed by atoms with Crippen LogP contribution in [0, 0.1) is 5.92 Å². The van der Waals surface area contributed by atoms with Gasteiger partial charge in [0.05, 0.1) is 6.10 Å². The van der Waals surface area contributed by atoms with Crippen molar-refractivity contribution in [3.63, 3.8) is 0 Å². The molecular formula is C26H54O. The molecule has 0 spiro atoms. The number of aliphatic hydroxyl groups excluding tert-OH is 1. The molecule has 0 saturated carbocycles. The third-order valence-corrected chi connectivity index (χ3v) is 6.11. The fourth-order valence-electron chi connectivity index (χ4n) is 4.35. The summed E-state index contributed by atoms with van der Waals surface area (Å²) in [5.41, 5.74) is 0. The van der Waals surface area contributed by atoms with Crippen LogP contribution in [0.4, 0.5) is 0 Å². The summed E-state index contributed by atoms with van der Waals surface area (Å²) in [5.74, 6) is 0.763. The predicted octanol–water partition coefficient (Wildman–Crippen LogP) is 9.22. The molecule has 0 aliphatic heterocycles. The van der Waals surface area contributed by atoms with E-state index in [0.29, 0.717) is 0 Å². The summed E-state index contributed by atoms with van der Waals surface area (Å²) in [6.45, 7) is 6.55. The Morgan fingerprint density at radius 3 is 1.07 bits per heavy atom. The van der Waals surface area contributed by atoms with E-state index in [4.69, 9.17) is 0 Å². The molecule has 27 heavy (non-hydrogen) atoms. The summed E-state index contributed by atoms with van der Waals surface area (Å²) in [6.07, 6.45) is 29.0. The third-order valence-electron chi connectivity index (χ3n) is 6.11. The molecule has 0 amide bonds. The average Bonchev–Trinajstić information content (AvgIpc) is 2.64. The Bertz CT molecular complexity index is 261. The molecule has 0 rings (SSSR count). The highest BCUT2D eigenvalue weighted by Gasteiger charge is 2.11. The van der Waals surface area contributed by atoms with E-state index in [1.165, 1.54) is 128 Å². The molecule has 0 heterocycles. The lowest BCUT2D eigenvalue weighted by molar-refractivity contribution is 0.152. The van der Waals surface area contributed by atoms with Gasteiger partial charge in [-0.05, 0) is 19.3 Å². The number of aliphatic hydroxyl groups is 1. The zero-order chi connectivity index (χ0) is 20.0. The Labute approximate surface area is 173 Å². The Kier molecular flexibility index (Phi) is 22.2. The molecule has 1 heteroatoms. The molecular weight excluding hydrogens is 328 g/mol. The maximum atomic E-state index is 9.81. The molecule has 0 aromatic heterocycles. The average molecular weight is 383 g/mol. The minimum atomic E-state index is -0.118. The van der Waals surface area contributed by atoms with Gasteiger partial charge < -0.3 is 5.11 Å². The Balaban J connectivity index is 3.56. The van der Waals surface area contributed by atoms with Gasteiger partial charge in [0.1, 0.15) is 0 Å². The van der Waals surface area contributed by atoms with Crippen molar-refractivity contribution in [2.24, 2.45) is 5.92 Å². The largest absolute Gasteiger partial charge is 0.393 e.